The first-order valence-electron chi connectivity index (χ1n) is 12.2. The fraction of sp³-hybridized carbons (Fsp3) is 0.400. The Labute approximate surface area is 207 Å². The van der Waals surface area contributed by atoms with Gasteiger partial charge in [0.2, 0.25) is 0 Å². The maximum absolute atomic E-state index is 12.9. The third-order valence-electron chi connectivity index (χ3n) is 5.93. The van der Waals surface area contributed by atoms with E-state index < -0.39 is 11.4 Å². The van der Waals surface area contributed by atoms with Crippen molar-refractivity contribution in [1.82, 2.24) is 0 Å². The average Bonchev–Trinajstić information content (AvgIpc) is 2.81. The number of rotatable bonds is 11. The molecule has 35 heavy (non-hydrogen) atoms. The van der Waals surface area contributed by atoms with Crippen molar-refractivity contribution in [3.63, 3.8) is 0 Å². The van der Waals surface area contributed by atoms with Crippen molar-refractivity contribution in [3.8, 4) is 16.9 Å². The van der Waals surface area contributed by atoms with Gasteiger partial charge in [-0.1, -0.05) is 58.4 Å². The van der Waals surface area contributed by atoms with E-state index in [2.05, 4.69) is 25.6 Å². The smallest absolute Gasteiger partial charge is 0.344 e. The van der Waals surface area contributed by atoms with Gasteiger partial charge in [0.1, 0.15) is 11.3 Å². The van der Waals surface area contributed by atoms with Crippen molar-refractivity contribution in [3.05, 3.63) is 76.2 Å². The minimum absolute atomic E-state index is 0.210. The molecular weight excluding hydrogens is 440 g/mol. The number of aryl methyl sites for hydroxylation is 2. The number of fused-ring (bicyclic) bond motifs is 1. The minimum Gasteiger partial charge on any atom is -0.493 e. The van der Waals surface area contributed by atoms with Gasteiger partial charge in [-0.3, -0.25) is 0 Å². The average molecular weight is 477 g/mol. The van der Waals surface area contributed by atoms with E-state index in [9.17, 15) is 9.59 Å². The van der Waals surface area contributed by atoms with E-state index in [1.807, 2.05) is 45.0 Å². The third-order valence-corrected chi connectivity index (χ3v) is 5.93. The van der Waals surface area contributed by atoms with Crippen LogP contribution < -0.4 is 10.4 Å². The lowest BCUT2D eigenvalue weighted by Gasteiger charge is -2.24. The molecule has 0 aliphatic carbocycles. The highest BCUT2D eigenvalue weighted by atomic mass is 16.5. The van der Waals surface area contributed by atoms with E-state index in [1.165, 1.54) is 24.8 Å². The summed E-state index contributed by atoms with van der Waals surface area (Å²) in [7, 11) is 0. The van der Waals surface area contributed by atoms with E-state index in [0.717, 1.165) is 22.9 Å². The quantitative estimate of drug-likeness (QED) is 0.129. The van der Waals surface area contributed by atoms with Crippen molar-refractivity contribution < 1.29 is 18.7 Å². The van der Waals surface area contributed by atoms with Crippen LogP contribution in [-0.4, -0.2) is 19.2 Å². The number of carbonyl (C=O) groups is 1. The monoisotopic (exact) mass is 476 g/mol. The molecular formula is C30H36O5. The summed E-state index contributed by atoms with van der Waals surface area (Å²) in [4.78, 5) is 24.5. The van der Waals surface area contributed by atoms with Gasteiger partial charge < -0.3 is 13.9 Å². The number of hydrogen-bond donors (Lipinski definition) is 0. The van der Waals surface area contributed by atoms with Gasteiger partial charge in [-0.05, 0) is 61.6 Å². The molecule has 186 valence electrons. The summed E-state index contributed by atoms with van der Waals surface area (Å²) in [5.41, 5.74) is 3.88. The third kappa shape index (κ3) is 7.08. The van der Waals surface area contributed by atoms with E-state index in [-0.39, 0.29) is 12.2 Å². The lowest BCUT2D eigenvalue weighted by Crippen LogP contribution is -2.28. The standard InChI is InChI=1S/C30H36O5/c1-7-8-9-10-22-11-14-25(21(4)15-22)26-16-23-12-13-24(17-27(23)35-29(26)32)33-18-30(5,6)19-34-28(31)20(2)3/h11-17H,2,7-10,18-19H2,1,3-6H3. The molecule has 0 spiro atoms. The molecule has 0 saturated carbocycles. The van der Waals surface area contributed by atoms with Crippen molar-refractivity contribution in [1.29, 1.82) is 0 Å². The van der Waals surface area contributed by atoms with Crippen LogP contribution in [0.2, 0.25) is 0 Å². The van der Waals surface area contributed by atoms with Crippen LogP contribution in [0.15, 0.2) is 63.8 Å². The highest BCUT2D eigenvalue weighted by Gasteiger charge is 2.22. The van der Waals surface area contributed by atoms with Crippen LogP contribution in [0.25, 0.3) is 22.1 Å². The Balaban J connectivity index is 1.75. The first-order valence-corrected chi connectivity index (χ1v) is 12.2. The van der Waals surface area contributed by atoms with Crippen LogP contribution in [0.1, 0.15) is 58.1 Å². The fourth-order valence-corrected chi connectivity index (χ4v) is 3.84. The Hall–Kier alpha value is -3.34. The van der Waals surface area contributed by atoms with E-state index in [0.29, 0.717) is 29.1 Å². The number of unbranched alkanes of at least 4 members (excludes halogenated alkanes) is 2. The molecule has 0 aliphatic rings. The summed E-state index contributed by atoms with van der Waals surface area (Å²) in [6, 6.07) is 13.6. The molecule has 5 nitrogen and oxygen atoms in total. The van der Waals surface area contributed by atoms with Crippen LogP contribution in [-0.2, 0) is 16.0 Å². The second kappa shape index (κ2) is 11.4. The van der Waals surface area contributed by atoms with Crippen molar-refractivity contribution in [2.24, 2.45) is 5.41 Å². The Morgan fingerprint density at radius 2 is 1.80 bits per heavy atom. The van der Waals surface area contributed by atoms with Gasteiger partial charge in [0.15, 0.2) is 0 Å². The fourth-order valence-electron chi connectivity index (χ4n) is 3.84. The second-order valence-electron chi connectivity index (χ2n) is 10.1. The first-order chi connectivity index (χ1) is 16.6. The molecule has 1 aromatic heterocycles. The second-order valence-corrected chi connectivity index (χ2v) is 10.1. The van der Waals surface area contributed by atoms with E-state index in [1.54, 1.807) is 13.0 Å². The lowest BCUT2D eigenvalue weighted by molar-refractivity contribution is -0.142. The summed E-state index contributed by atoms with van der Waals surface area (Å²) < 4.78 is 16.9. The topological polar surface area (TPSA) is 65.7 Å². The Kier molecular flexibility index (Phi) is 8.55. The molecule has 0 atom stereocenters. The zero-order valence-electron chi connectivity index (χ0n) is 21.5. The maximum Gasteiger partial charge on any atom is 0.344 e. The SMILES string of the molecule is C=C(C)C(=O)OCC(C)(C)COc1ccc2cc(-c3ccc(CCCCC)cc3C)c(=O)oc2c1. The maximum atomic E-state index is 12.9. The molecule has 0 aliphatic heterocycles. The van der Waals surface area contributed by atoms with Gasteiger partial charge >= 0.3 is 11.6 Å². The highest BCUT2D eigenvalue weighted by Crippen LogP contribution is 2.28. The van der Waals surface area contributed by atoms with Crippen LogP contribution in [0, 0.1) is 12.3 Å². The summed E-state index contributed by atoms with van der Waals surface area (Å²) in [5.74, 6) is 0.169. The molecule has 3 aromatic rings. The molecule has 0 bridgehead atoms. The summed E-state index contributed by atoms with van der Waals surface area (Å²) in [5, 5.41) is 0.827. The molecule has 0 radical (unpaired) electrons. The van der Waals surface area contributed by atoms with Gasteiger partial charge in [0, 0.05) is 22.4 Å². The number of ether oxygens (including phenoxy) is 2. The van der Waals surface area contributed by atoms with Crippen LogP contribution in [0.4, 0.5) is 0 Å². The van der Waals surface area contributed by atoms with Gasteiger partial charge in [0.25, 0.3) is 0 Å². The molecule has 3 rings (SSSR count). The zero-order valence-corrected chi connectivity index (χ0v) is 21.5. The lowest BCUT2D eigenvalue weighted by atomic mass is 9.96. The number of benzene rings is 2. The predicted molar refractivity (Wildman–Crippen MR) is 141 cm³/mol. The Bertz CT molecular complexity index is 1270. The highest BCUT2D eigenvalue weighted by molar-refractivity contribution is 5.87. The first kappa shape index (κ1) is 26.3. The molecule has 1 heterocycles. The Morgan fingerprint density at radius 3 is 2.49 bits per heavy atom. The van der Waals surface area contributed by atoms with Gasteiger partial charge in [-0.25, -0.2) is 9.59 Å². The molecule has 0 unspecified atom stereocenters. The predicted octanol–water partition coefficient (Wildman–Crippen LogP) is 7.03. The van der Waals surface area contributed by atoms with Gasteiger partial charge in [0.05, 0.1) is 18.8 Å². The molecule has 5 heteroatoms. The van der Waals surface area contributed by atoms with Crippen molar-refractivity contribution >= 4 is 16.9 Å². The van der Waals surface area contributed by atoms with Crippen molar-refractivity contribution in [2.75, 3.05) is 13.2 Å². The van der Waals surface area contributed by atoms with Gasteiger partial charge in [-0.2, -0.15) is 0 Å². The van der Waals surface area contributed by atoms with E-state index in [4.69, 9.17) is 13.9 Å². The van der Waals surface area contributed by atoms with E-state index >= 15 is 0 Å². The largest absolute Gasteiger partial charge is 0.493 e. The van der Waals surface area contributed by atoms with Crippen LogP contribution in [0.5, 0.6) is 5.75 Å². The van der Waals surface area contributed by atoms with Gasteiger partial charge in [-0.15, -0.1) is 0 Å². The summed E-state index contributed by atoms with van der Waals surface area (Å²) in [6.07, 6.45) is 4.65. The number of esters is 1. The summed E-state index contributed by atoms with van der Waals surface area (Å²) >= 11 is 0. The zero-order chi connectivity index (χ0) is 25.6. The molecule has 2 aromatic carbocycles. The number of carbonyl (C=O) groups excluding carboxylic acids is 1. The molecule has 0 amide bonds. The van der Waals surface area contributed by atoms with Crippen LogP contribution in [0.3, 0.4) is 0 Å². The normalized spacial score (nSPS) is 11.5. The van der Waals surface area contributed by atoms with Crippen molar-refractivity contribution in [2.45, 2.75) is 60.3 Å². The number of hydrogen-bond acceptors (Lipinski definition) is 5. The summed E-state index contributed by atoms with van der Waals surface area (Å²) in [6.45, 7) is 13.9. The molecule has 0 N–H and O–H groups in total. The minimum atomic E-state index is -0.414. The van der Waals surface area contributed by atoms with Crippen LogP contribution >= 0.6 is 0 Å². The molecule has 0 saturated heterocycles. The Morgan fingerprint density at radius 1 is 1.03 bits per heavy atom. The molecule has 0 fully saturated rings.